The number of hydrogen-bond acceptors (Lipinski definition) is 5. The minimum Gasteiger partial charge on any atom is -0.508 e. The lowest BCUT2D eigenvalue weighted by Gasteiger charge is -2.34. The molecule has 4 rings (SSSR count). The zero-order valence-corrected chi connectivity index (χ0v) is 15.7. The number of halogens is 1. The molecule has 5 unspecified atom stereocenters. The molecule has 0 radical (unpaired) electrons. The van der Waals surface area contributed by atoms with Gasteiger partial charge in [-0.3, -0.25) is 15.0 Å². The third kappa shape index (κ3) is 3.84. The summed E-state index contributed by atoms with van der Waals surface area (Å²) >= 11 is 0. The van der Waals surface area contributed by atoms with Crippen LogP contribution >= 0.6 is 0 Å². The van der Waals surface area contributed by atoms with Crippen molar-refractivity contribution < 1.29 is 19.1 Å². The number of phenols is 1. The molecule has 0 bridgehead atoms. The summed E-state index contributed by atoms with van der Waals surface area (Å²) in [5.41, 5.74) is 7.24. The number of aromatic hydroxyl groups is 1. The van der Waals surface area contributed by atoms with Crippen LogP contribution < -0.4 is 16.2 Å². The quantitative estimate of drug-likeness (QED) is 0.598. The number of amides is 2. The Kier molecular flexibility index (Phi) is 5.50. The fourth-order valence-electron chi connectivity index (χ4n) is 4.64. The SMILES string of the molecule is O=C(NCCc1ccc(O)cc1)C1CC(=O)N(C2NNC3CCCC(F)C32)C1. The number of rotatable bonds is 5. The van der Waals surface area contributed by atoms with E-state index >= 15 is 0 Å². The Morgan fingerprint density at radius 3 is 2.82 bits per heavy atom. The normalized spacial score (nSPS) is 32.4. The lowest BCUT2D eigenvalue weighted by Crippen LogP contribution is -2.50. The highest BCUT2D eigenvalue weighted by molar-refractivity contribution is 5.89. The van der Waals surface area contributed by atoms with Crippen LogP contribution in [-0.2, 0) is 16.0 Å². The second-order valence-electron chi connectivity index (χ2n) is 8.02. The third-order valence-electron chi connectivity index (χ3n) is 6.17. The summed E-state index contributed by atoms with van der Waals surface area (Å²) in [6.07, 6.45) is 1.78. The van der Waals surface area contributed by atoms with Crippen molar-refractivity contribution in [3.63, 3.8) is 0 Å². The van der Waals surface area contributed by atoms with Gasteiger partial charge < -0.3 is 15.3 Å². The molecule has 2 amide bonds. The van der Waals surface area contributed by atoms with E-state index in [2.05, 4.69) is 16.2 Å². The molecule has 2 saturated heterocycles. The minimum atomic E-state index is -0.933. The smallest absolute Gasteiger partial charge is 0.225 e. The molecule has 7 nitrogen and oxygen atoms in total. The molecule has 0 aromatic heterocycles. The first kappa shape index (κ1) is 19.1. The van der Waals surface area contributed by atoms with Gasteiger partial charge in [-0.05, 0) is 43.4 Å². The van der Waals surface area contributed by atoms with E-state index in [1.807, 2.05) is 12.1 Å². The number of carbonyl (C=O) groups is 2. The maximum absolute atomic E-state index is 14.5. The first-order valence-electron chi connectivity index (χ1n) is 10.0. The predicted octanol–water partition coefficient (Wildman–Crippen LogP) is 0.840. The summed E-state index contributed by atoms with van der Waals surface area (Å²) in [6, 6.07) is 6.90. The Balaban J connectivity index is 1.30. The van der Waals surface area contributed by atoms with Crippen molar-refractivity contribution in [3.05, 3.63) is 29.8 Å². The van der Waals surface area contributed by atoms with Gasteiger partial charge in [0.2, 0.25) is 11.8 Å². The standard InChI is InChI=1S/C20H27FN4O3/c21-15-2-1-3-16-18(15)19(24-23-16)25-11-13(10-17(25)27)20(28)22-9-8-12-4-6-14(26)7-5-12/h4-7,13,15-16,18-19,23-24,26H,1-3,8-11H2,(H,22,28). The van der Waals surface area contributed by atoms with Gasteiger partial charge in [-0.1, -0.05) is 12.1 Å². The van der Waals surface area contributed by atoms with Crippen molar-refractivity contribution in [2.45, 2.75) is 50.5 Å². The van der Waals surface area contributed by atoms with E-state index in [1.54, 1.807) is 17.0 Å². The number of alkyl halides is 1. The van der Waals surface area contributed by atoms with Gasteiger partial charge in [0, 0.05) is 31.5 Å². The first-order valence-corrected chi connectivity index (χ1v) is 10.0. The summed E-state index contributed by atoms with van der Waals surface area (Å²) < 4.78 is 14.5. The van der Waals surface area contributed by atoms with E-state index in [0.717, 1.165) is 18.4 Å². The monoisotopic (exact) mass is 390 g/mol. The van der Waals surface area contributed by atoms with Crippen LogP contribution in [0, 0.1) is 11.8 Å². The number of nitrogens with zero attached hydrogens (tertiary/aromatic N) is 1. The zero-order chi connectivity index (χ0) is 19.7. The Morgan fingerprint density at radius 2 is 2.04 bits per heavy atom. The van der Waals surface area contributed by atoms with Crippen LogP contribution in [-0.4, -0.2) is 53.3 Å². The molecule has 3 fully saturated rings. The number of benzene rings is 1. The van der Waals surface area contributed by atoms with Gasteiger partial charge in [-0.25, -0.2) is 9.82 Å². The first-order chi connectivity index (χ1) is 13.5. The second-order valence-corrected chi connectivity index (χ2v) is 8.02. The fourth-order valence-corrected chi connectivity index (χ4v) is 4.64. The van der Waals surface area contributed by atoms with Crippen LogP contribution in [0.1, 0.15) is 31.2 Å². The maximum Gasteiger partial charge on any atom is 0.225 e. The molecule has 28 heavy (non-hydrogen) atoms. The molecule has 2 heterocycles. The van der Waals surface area contributed by atoms with E-state index in [-0.39, 0.29) is 42.1 Å². The van der Waals surface area contributed by atoms with Crippen molar-refractivity contribution in [1.82, 2.24) is 21.1 Å². The largest absolute Gasteiger partial charge is 0.508 e. The second kappa shape index (κ2) is 8.05. The highest BCUT2D eigenvalue weighted by Gasteiger charge is 2.49. The van der Waals surface area contributed by atoms with Crippen LogP contribution in [0.25, 0.3) is 0 Å². The van der Waals surface area contributed by atoms with E-state index in [4.69, 9.17) is 0 Å². The van der Waals surface area contributed by atoms with Gasteiger partial charge in [0.25, 0.3) is 0 Å². The number of hydrogen-bond donors (Lipinski definition) is 4. The Labute approximate surface area is 163 Å². The highest BCUT2D eigenvalue weighted by atomic mass is 19.1. The summed E-state index contributed by atoms with van der Waals surface area (Å²) in [5.74, 6) is -0.694. The van der Waals surface area contributed by atoms with Crippen molar-refractivity contribution in [2.75, 3.05) is 13.1 Å². The lowest BCUT2D eigenvalue weighted by molar-refractivity contribution is -0.131. The highest BCUT2D eigenvalue weighted by Crippen LogP contribution is 2.35. The Bertz CT molecular complexity index is 729. The Hall–Kier alpha value is -2.19. The molecule has 1 aromatic carbocycles. The molecule has 0 spiro atoms. The third-order valence-corrected chi connectivity index (χ3v) is 6.17. The number of hydrazine groups is 1. The number of nitrogens with one attached hydrogen (secondary N) is 3. The molecule has 8 heteroatoms. The van der Waals surface area contributed by atoms with Crippen molar-refractivity contribution in [2.24, 2.45) is 11.8 Å². The number of phenolic OH excluding ortho intramolecular Hbond substituents is 1. The average molecular weight is 390 g/mol. The summed E-state index contributed by atoms with van der Waals surface area (Å²) in [5, 5.41) is 12.2. The summed E-state index contributed by atoms with van der Waals surface area (Å²) in [7, 11) is 0. The van der Waals surface area contributed by atoms with Gasteiger partial charge in [0.15, 0.2) is 0 Å². The number of fused-ring (bicyclic) bond motifs is 1. The topological polar surface area (TPSA) is 93.7 Å². The van der Waals surface area contributed by atoms with Gasteiger partial charge >= 0.3 is 0 Å². The number of carbonyl (C=O) groups excluding carboxylic acids is 2. The number of likely N-dealkylation sites (tertiary alicyclic amines) is 1. The van der Waals surface area contributed by atoms with E-state index in [0.29, 0.717) is 25.9 Å². The molecule has 3 aliphatic rings. The Morgan fingerprint density at radius 1 is 1.25 bits per heavy atom. The molecule has 1 aliphatic carbocycles. The lowest BCUT2D eigenvalue weighted by atomic mass is 9.82. The molecular formula is C20H27FN4O3. The van der Waals surface area contributed by atoms with Crippen LogP contribution in [0.3, 0.4) is 0 Å². The van der Waals surface area contributed by atoms with Crippen LogP contribution in [0.2, 0.25) is 0 Å². The minimum absolute atomic E-state index is 0.0414. The van der Waals surface area contributed by atoms with Gasteiger partial charge in [0.05, 0.1) is 5.92 Å². The maximum atomic E-state index is 14.5. The molecule has 152 valence electrons. The van der Waals surface area contributed by atoms with Crippen molar-refractivity contribution in [1.29, 1.82) is 0 Å². The summed E-state index contributed by atoms with van der Waals surface area (Å²) in [6.45, 7) is 0.786. The molecule has 5 atom stereocenters. The van der Waals surface area contributed by atoms with Gasteiger partial charge in [-0.15, -0.1) is 0 Å². The summed E-state index contributed by atoms with van der Waals surface area (Å²) in [4.78, 5) is 26.7. The predicted molar refractivity (Wildman–Crippen MR) is 101 cm³/mol. The molecule has 1 saturated carbocycles. The molecule has 4 N–H and O–H groups in total. The molecule has 1 aromatic rings. The van der Waals surface area contributed by atoms with Crippen LogP contribution in [0.15, 0.2) is 24.3 Å². The van der Waals surface area contributed by atoms with E-state index < -0.39 is 12.1 Å². The van der Waals surface area contributed by atoms with Crippen molar-refractivity contribution >= 4 is 11.8 Å². The zero-order valence-electron chi connectivity index (χ0n) is 15.7. The average Bonchev–Trinajstić information content (AvgIpc) is 3.27. The van der Waals surface area contributed by atoms with Crippen molar-refractivity contribution in [3.8, 4) is 5.75 Å². The van der Waals surface area contributed by atoms with Crippen LogP contribution in [0.4, 0.5) is 4.39 Å². The molecular weight excluding hydrogens is 363 g/mol. The fraction of sp³-hybridized carbons (Fsp3) is 0.600. The van der Waals surface area contributed by atoms with E-state index in [9.17, 15) is 19.1 Å². The van der Waals surface area contributed by atoms with Crippen LogP contribution in [0.5, 0.6) is 5.75 Å². The van der Waals surface area contributed by atoms with E-state index in [1.165, 1.54) is 0 Å². The van der Waals surface area contributed by atoms with Gasteiger partial charge in [-0.2, -0.15) is 0 Å². The molecule has 2 aliphatic heterocycles. The van der Waals surface area contributed by atoms with Gasteiger partial charge in [0.1, 0.15) is 18.1 Å².